The average molecular weight is 278 g/mol. The molecule has 5 nitrogen and oxygen atoms in total. The fraction of sp³-hybridized carbons (Fsp3) is 0.600. The van der Waals surface area contributed by atoms with Crippen LogP contribution in [0, 0.1) is 11.3 Å². The number of rotatable bonds is 3. The first kappa shape index (κ1) is 14.8. The number of hydrogen-bond donors (Lipinski definition) is 2. The lowest BCUT2D eigenvalue weighted by atomic mass is 9.81. The maximum atomic E-state index is 12.0. The Hall–Kier alpha value is -1.62. The summed E-state index contributed by atoms with van der Waals surface area (Å²) in [7, 11) is 0. The van der Waals surface area contributed by atoms with E-state index in [-0.39, 0.29) is 23.2 Å². The van der Waals surface area contributed by atoms with Crippen LogP contribution in [0.4, 0.5) is 0 Å². The van der Waals surface area contributed by atoms with Gasteiger partial charge in [0.05, 0.1) is 17.9 Å². The van der Waals surface area contributed by atoms with Crippen molar-refractivity contribution >= 4 is 5.91 Å². The van der Waals surface area contributed by atoms with Crippen LogP contribution in [-0.2, 0) is 4.74 Å². The van der Waals surface area contributed by atoms with Crippen molar-refractivity contribution in [3.05, 3.63) is 24.0 Å². The molecular weight excluding hydrogens is 256 g/mol. The van der Waals surface area contributed by atoms with E-state index in [0.29, 0.717) is 18.0 Å². The van der Waals surface area contributed by atoms with Gasteiger partial charge in [-0.1, -0.05) is 20.8 Å². The van der Waals surface area contributed by atoms with Gasteiger partial charge in [0.15, 0.2) is 0 Å². The Morgan fingerprint density at radius 1 is 1.50 bits per heavy atom. The molecule has 0 saturated carbocycles. The maximum absolute atomic E-state index is 12.0. The molecule has 0 aromatic carbocycles. The molecule has 1 saturated heterocycles. The molecule has 2 N–H and O–H groups in total. The maximum Gasteiger partial charge on any atom is 0.252 e. The quantitative estimate of drug-likeness (QED) is 0.886. The lowest BCUT2D eigenvalue weighted by Crippen LogP contribution is -2.38. The Kier molecular flexibility index (Phi) is 4.28. The standard InChI is InChI=1S/C15H22N2O3/c1-15(2,3)13-10(4-5-20-13)8-17-14(19)11-6-12(18)9-16-7-11/h6-7,9-10,13,18H,4-5,8H2,1-3H3,(H,17,19)/t10-,13+/m1/s1. The van der Waals surface area contributed by atoms with Crippen LogP contribution < -0.4 is 5.32 Å². The van der Waals surface area contributed by atoms with Gasteiger partial charge in [-0.2, -0.15) is 0 Å². The number of hydrogen-bond acceptors (Lipinski definition) is 4. The first-order chi connectivity index (χ1) is 9.38. The highest BCUT2D eigenvalue weighted by molar-refractivity contribution is 5.94. The minimum atomic E-state index is -0.215. The number of pyridine rings is 1. The third-order valence-corrected chi connectivity index (χ3v) is 3.58. The smallest absolute Gasteiger partial charge is 0.252 e. The van der Waals surface area contributed by atoms with E-state index >= 15 is 0 Å². The fourth-order valence-corrected chi connectivity index (χ4v) is 2.68. The van der Waals surface area contributed by atoms with Crippen LogP contribution in [0.15, 0.2) is 18.5 Å². The van der Waals surface area contributed by atoms with Gasteiger partial charge in [0.25, 0.3) is 5.91 Å². The molecular formula is C15H22N2O3. The van der Waals surface area contributed by atoms with Crippen LogP contribution in [0.3, 0.4) is 0 Å². The molecule has 0 aliphatic carbocycles. The Morgan fingerprint density at radius 3 is 2.90 bits per heavy atom. The van der Waals surface area contributed by atoms with Crippen LogP contribution in [-0.4, -0.2) is 35.3 Å². The van der Waals surface area contributed by atoms with Gasteiger partial charge in [0.2, 0.25) is 0 Å². The first-order valence-corrected chi connectivity index (χ1v) is 6.92. The van der Waals surface area contributed by atoms with Crippen molar-refractivity contribution in [3.63, 3.8) is 0 Å². The lowest BCUT2D eigenvalue weighted by Gasteiger charge is -2.31. The Morgan fingerprint density at radius 2 is 2.25 bits per heavy atom. The summed E-state index contributed by atoms with van der Waals surface area (Å²) in [5.41, 5.74) is 0.439. The van der Waals surface area contributed by atoms with Crippen molar-refractivity contribution in [2.75, 3.05) is 13.2 Å². The second kappa shape index (κ2) is 5.79. The number of nitrogens with zero attached hydrogens (tertiary/aromatic N) is 1. The number of aromatic nitrogens is 1. The number of carbonyl (C=O) groups excluding carboxylic acids is 1. The number of ether oxygens (including phenoxy) is 1. The van der Waals surface area contributed by atoms with Gasteiger partial charge in [-0.15, -0.1) is 0 Å². The predicted molar refractivity (Wildman–Crippen MR) is 75.5 cm³/mol. The molecule has 2 atom stereocenters. The van der Waals surface area contributed by atoms with Crippen LogP contribution >= 0.6 is 0 Å². The molecule has 0 unspecified atom stereocenters. The highest BCUT2D eigenvalue weighted by atomic mass is 16.5. The summed E-state index contributed by atoms with van der Waals surface area (Å²) >= 11 is 0. The number of carbonyl (C=O) groups is 1. The zero-order valence-electron chi connectivity index (χ0n) is 12.2. The Balaban J connectivity index is 1.93. The molecule has 1 aliphatic rings. The van der Waals surface area contributed by atoms with Crippen LogP contribution in [0.5, 0.6) is 5.75 Å². The van der Waals surface area contributed by atoms with Crippen molar-refractivity contribution in [1.29, 1.82) is 0 Å². The zero-order chi connectivity index (χ0) is 14.8. The lowest BCUT2D eigenvalue weighted by molar-refractivity contribution is 0.00737. The Labute approximate surface area is 119 Å². The SMILES string of the molecule is CC(C)(C)[C@H]1OCC[C@@H]1CNC(=O)c1cncc(O)c1. The molecule has 2 heterocycles. The van der Waals surface area contributed by atoms with Crippen molar-refractivity contribution in [3.8, 4) is 5.75 Å². The summed E-state index contributed by atoms with van der Waals surface area (Å²) in [5, 5.41) is 12.2. The molecule has 5 heteroatoms. The minimum absolute atomic E-state index is 0.00517. The number of aromatic hydroxyl groups is 1. The van der Waals surface area contributed by atoms with Gasteiger partial charge in [-0.3, -0.25) is 9.78 Å². The van der Waals surface area contributed by atoms with E-state index in [4.69, 9.17) is 4.74 Å². The zero-order valence-corrected chi connectivity index (χ0v) is 12.2. The molecule has 1 aliphatic heterocycles. The molecule has 1 amide bonds. The van der Waals surface area contributed by atoms with Gasteiger partial charge < -0.3 is 15.2 Å². The van der Waals surface area contributed by atoms with E-state index in [0.717, 1.165) is 13.0 Å². The molecule has 1 aromatic heterocycles. The second-order valence-corrected chi connectivity index (χ2v) is 6.35. The van der Waals surface area contributed by atoms with Gasteiger partial charge >= 0.3 is 0 Å². The highest BCUT2D eigenvalue weighted by Gasteiger charge is 2.37. The summed E-state index contributed by atoms with van der Waals surface area (Å²) in [5.74, 6) is 0.103. The Bertz CT molecular complexity index is 482. The van der Waals surface area contributed by atoms with E-state index in [1.165, 1.54) is 18.5 Å². The highest BCUT2D eigenvalue weighted by Crippen LogP contribution is 2.34. The molecule has 0 bridgehead atoms. The van der Waals surface area contributed by atoms with Gasteiger partial charge in [0, 0.05) is 25.3 Å². The number of nitrogens with one attached hydrogen (secondary N) is 1. The van der Waals surface area contributed by atoms with E-state index in [2.05, 4.69) is 31.1 Å². The largest absolute Gasteiger partial charge is 0.506 e. The van der Waals surface area contributed by atoms with E-state index in [9.17, 15) is 9.90 Å². The van der Waals surface area contributed by atoms with Gasteiger partial charge in [0.1, 0.15) is 5.75 Å². The average Bonchev–Trinajstić information content (AvgIpc) is 2.84. The third kappa shape index (κ3) is 3.48. The van der Waals surface area contributed by atoms with Crippen molar-refractivity contribution in [1.82, 2.24) is 10.3 Å². The van der Waals surface area contributed by atoms with Gasteiger partial charge in [-0.25, -0.2) is 0 Å². The third-order valence-electron chi connectivity index (χ3n) is 3.58. The fourth-order valence-electron chi connectivity index (χ4n) is 2.68. The van der Waals surface area contributed by atoms with Crippen molar-refractivity contribution in [2.24, 2.45) is 11.3 Å². The van der Waals surface area contributed by atoms with Crippen LogP contribution in [0.1, 0.15) is 37.6 Å². The molecule has 20 heavy (non-hydrogen) atoms. The van der Waals surface area contributed by atoms with Crippen LogP contribution in [0.25, 0.3) is 0 Å². The molecule has 2 rings (SSSR count). The number of amides is 1. The summed E-state index contributed by atoms with van der Waals surface area (Å²) in [6, 6.07) is 1.41. The summed E-state index contributed by atoms with van der Waals surface area (Å²) < 4.78 is 5.78. The summed E-state index contributed by atoms with van der Waals surface area (Å²) in [4.78, 5) is 15.8. The second-order valence-electron chi connectivity index (χ2n) is 6.35. The van der Waals surface area contributed by atoms with E-state index < -0.39 is 0 Å². The predicted octanol–water partition coefficient (Wildman–Crippen LogP) is 1.97. The van der Waals surface area contributed by atoms with Crippen molar-refractivity contribution < 1.29 is 14.6 Å². The molecule has 1 fully saturated rings. The van der Waals surface area contributed by atoms with E-state index in [1.807, 2.05) is 0 Å². The molecule has 110 valence electrons. The molecule has 0 spiro atoms. The minimum Gasteiger partial charge on any atom is -0.506 e. The van der Waals surface area contributed by atoms with Crippen molar-refractivity contribution in [2.45, 2.75) is 33.3 Å². The van der Waals surface area contributed by atoms with E-state index in [1.54, 1.807) is 0 Å². The van der Waals surface area contributed by atoms with Gasteiger partial charge in [-0.05, 0) is 17.9 Å². The monoisotopic (exact) mass is 278 g/mol. The van der Waals surface area contributed by atoms with Crippen LogP contribution in [0.2, 0.25) is 0 Å². The first-order valence-electron chi connectivity index (χ1n) is 6.92. The topological polar surface area (TPSA) is 71.5 Å². The summed E-state index contributed by atoms with van der Waals surface area (Å²) in [6.45, 7) is 7.78. The summed E-state index contributed by atoms with van der Waals surface area (Å²) in [6.07, 6.45) is 3.87. The molecule has 0 radical (unpaired) electrons. The normalized spacial score (nSPS) is 22.8. The molecule has 1 aromatic rings.